The first kappa shape index (κ1) is 17.5. The van der Waals surface area contributed by atoms with Gasteiger partial charge in [0.05, 0.1) is 7.11 Å². The highest BCUT2D eigenvalue weighted by Crippen LogP contribution is 2.27. The van der Waals surface area contributed by atoms with Gasteiger partial charge in [0.25, 0.3) is 0 Å². The van der Waals surface area contributed by atoms with Crippen LogP contribution in [0.5, 0.6) is 5.75 Å². The molecule has 3 nitrogen and oxygen atoms in total. The molecule has 0 fully saturated rings. The van der Waals surface area contributed by atoms with E-state index in [-0.39, 0.29) is 0 Å². The maximum absolute atomic E-state index is 13.4. The van der Waals surface area contributed by atoms with Gasteiger partial charge in [0.1, 0.15) is 11.4 Å². The van der Waals surface area contributed by atoms with Gasteiger partial charge < -0.3 is 10.1 Å². The monoisotopic (exact) mass is 343 g/mol. The Hall–Kier alpha value is -2.90. The van der Waals surface area contributed by atoms with Crippen molar-refractivity contribution in [2.24, 2.45) is 0 Å². The Morgan fingerprint density at radius 2 is 1.42 bits per heavy atom. The van der Waals surface area contributed by atoms with Crippen molar-refractivity contribution in [2.75, 3.05) is 12.4 Å². The van der Waals surface area contributed by atoms with Gasteiger partial charge in [0.2, 0.25) is 11.7 Å². The lowest BCUT2D eigenvalue weighted by Gasteiger charge is -2.08. The molecule has 8 heteroatoms. The molecule has 1 N–H and O–H groups in total. The largest absolute Gasteiger partial charge is 0.497 e. The topological polar surface area (TPSA) is 38.3 Å². The van der Waals surface area contributed by atoms with Crippen molar-refractivity contribution in [1.82, 2.24) is 0 Å². The number of rotatable bonds is 4. The molecule has 2 rings (SSSR count). The lowest BCUT2D eigenvalue weighted by atomic mass is 10.2. The van der Waals surface area contributed by atoms with E-state index in [0.717, 1.165) is 6.08 Å². The first-order chi connectivity index (χ1) is 11.3. The van der Waals surface area contributed by atoms with Gasteiger partial charge in [0.15, 0.2) is 23.3 Å². The van der Waals surface area contributed by atoms with Crippen LogP contribution in [-0.2, 0) is 4.79 Å². The second-order valence-corrected chi connectivity index (χ2v) is 4.54. The molecule has 2 aromatic rings. The molecule has 126 valence electrons. The Labute approximate surface area is 133 Å². The van der Waals surface area contributed by atoms with Gasteiger partial charge in [-0.15, -0.1) is 0 Å². The van der Waals surface area contributed by atoms with Gasteiger partial charge in [-0.3, -0.25) is 4.79 Å². The van der Waals surface area contributed by atoms with Gasteiger partial charge in [-0.1, -0.05) is 12.1 Å². The number of hydrogen-bond acceptors (Lipinski definition) is 2. The first-order valence-corrected chi connectivity index (χ1v) is 6.49. The molecular formula is C16H10F5NO2. The Morgan fingerprint density at radius 3 is 1.92 bits per heavy atom. The van der Waals surface area contributed by atoms with Crippen molar-refractivity contribution in [3.8, 4) is 5.75 Å². The summed E-state index contributed by atoms with van der Waals surface area (Å²) in [5, 5.41) is 1.63. The molecule has 0 aliphatic rings. The third-order valence-electron chi connectivity index (χ3n) is 3.00. The van der Waals surface area contributed by atoms with E-state index in [1.165, 1.54) is 13.2 Å². The van der Waals surface area contributed by atoms with Crippen LogP contribution in [0, 0.1) is 29.1 Å². The Morgan fingerprint density at radius 1 is 0.917 bits per heavy atom. The van der Waals surface area contributed by atoms with Crippen LogP contribution in [0.15, 0.2) is 30.3 Å². The zero-order chi connectivity index (χ0) is 17.9. The standard InChI is InChI=1S/C16H10F5NO2/c1-24-9-5-2-8(3-6-9)4-7-10(23)22-16-14(20)12(18)11(17)13(19)15(16)21/h2-7H,1H3,(H,22,23)/b7-4+. The van der Waals surface area contributed by atoms with Crippen molar-refractivity contribution in [2.45, 2.75) is 0 Å². The summed E-state index contributed by atoms with van der Waals surface area (Å²) in [7, 11) is 1.47. The van der Waals surface area contributed by atoms with Gasteiger partial charge in [-0.25, -0.2) is 22.0 Å². The van der Waals surface area contributed by atoms with E-state index < -0.39 is 40.7 Å². The van der Waals surface area contributed by atoms with E-state index in [1.54, 1.807) is 29.6 Å². The van der Waals surface area contributed by atoms with E-state index in [1.807, 2.05) is 0 Å². The number of anilines is 1. The number of methoxy groups -OCH3 is 1. The summed E-state index contributed by atoms with van der Waals surface area (Å²) in [6, 6.07) is 6.42. The van der Waals surface area contributed by atoms with E-state index >= 15 is 0 Å². The number of carbonyl (C=O) groups is 1. The number of ether oxygens (including phenoxy) is 1. The van der Waals surface area contributed by atoms with Crippen LogP contribution in [0.1, 0.15) is 5.56 Å². The molecule has 0 radical (unpaired) electrons. The van der Waals surface area contributed by atoms with Crippen molar-refractivity contribution in [1.29, 1.82) is 0 Å². The average Bonchev–Trinajstić information content (AvgIpc) is 2.60. The molecule has 0 aliphatic heterocycles. The Balaban J connectivity index is 2.19. The lowest BCUT2D eigenvalue weighted by molar-refractivity contribution is -0.111. The minimum absolute atomic E-state index is 0.559. The summed E-state index contributed by atoms with van der Waals surface area (Å²) < 4.78 is 70.8. The van der Waals surface area contributed by atoms with E-state index in [4.69, 9.17) is 4.74 Å². The molecule has 0 saturated carbocycles. The van der Waals surface area contributed by atoms with Crippen molar-refractivity contribution in [3.05, 3.63) is 65.0 Å². The number of amides is 1. The first-order valence-electron chi connectivity index (χ1n) is 6.49. The highest BCUT2D eigenvalue weighted by Gasteiger charge is 2.26. The van der Waals surface area contributed by atoms with Gasteiger partial charge in [-0.2, -0.15) is 0 Å². The molecule has 0 saturated heterocycles. The maximum Gasteiger partial charge on any atom is 0.248 e. The molecule has 0 atom stereocenters. The number of halogens is 5. The van der Waals surface area contributed by atoms with E-state index in [0.29, 0.717) is 11.3 Å². The molecular weight excluding hydrogens is 333 g/mol. The maximum atomic E-state index is 13.4. The zero-order valence-electron chi connectivity index (χ0n) is 12.2. The van der Waals surface area contributed by atoms with Crippen LogP contribution in [0.25, 0.3) is 6.08 Å². The summed E-state index contributed by atoms with van der Waals surface area (Å²) in [6.07, 6.45) is 2.18. The number of benzene rings is 2. The molecule has 0 heterocycles. The highest BCUT2D eigenvalue weighted by atomic mass is 19.2. The summed E-state index contributed by atoms with van der Waals surface area (Å²) >= 11 is 0. The van der Waals surface area contributed by atoms with Gasteiger partial charge >= 0.3 is 0 Å². The van der Waals surface area contributed by atoms with E-state index in [2.05, 4.69) is 0 Å². The zero-order valence-corrected chi connectivity index (χ0v) is 12.2. The molecule has 1 amide bonds. The smallest absolute Gasteiger partial charge is 0.248 e. The Bertz CT molecular complexity index is 774. The number of carbonyl (C=O) groups excluding carboxylic acids is 1. The van der Waals surface area contributed by atoms with Crippen LogP contribution >= 0.6 is 0 Å². The highest BCUT2D eigenvalue weighted by molar-refractivity contribution is 6.02. The van der Waals surface area contributed by atoms with Crippen LogP contribution in [0.2, 0.25) is 0 Å². The molecule has 0 aliphatic carbocycles. The number of hydrogen-bond donors (Lipinski definition) is 1. The second kappa shape index (κ2) is 7.12. The fourth-order valence-corrected chi connectivity index (χ4v) is 1.77. The van der Waals surface area contributed by atoms with E-state index in [9.17, 15) is 26.7 Å². The second-order valence-electron chi connectivity index (χ2n) is 4.54. The van der Waals surface area contributed by atoms with Gasteiger partial charge in [0, 0.05) is 6.08 Å². The fraction of sp³-hybridized carbons (Fsp3) is 0.0625. The van der Waals surface area contributed by atoms with Crippen LogP contribution in [-0.4, -0.2) is 13.0 Å². The normalized spacial score (nSPS) is 10.9. The third kappa shape index (κ3) is 3.53. The quantitative estimate of drug-likeness (QED) is 0.394. The van der Waals surface area contributed by atoms with Gasteiger partial charge in [-0.05, 0) is 23.8 Å². The SMILES string of the molecule is COc1ccc(/C=C/C(=O)Nc2c(F)c(F)c(F)c(F)c2F)cc1. The summed E-state index contributed by atoms with van der Waals surface area (Å²) in [5.41, 5.74) is -0.848. The number of nitrogens with one attached hydrogen (secondary N) is 1. The van der Waals surface area contributed by atoms with Crippen molar-refractivity contribution >= 4 is 17.7 Å². The predicted octanol–water partition coefficient (Wildman–Crippen LogP) is 4.04. The third-order valence-corrected chi connectivity index (χ3v) is 3.00. The minimum atomic E-state index is -2.29. The van der Waals surface area contributed by atoms with Crippen LogP contribution in [0.4, 0.5) is 27.6 Å². The molecule has 24 heavy (non-hydrogen) atoms. The average molecular weight is 343 g/mol. The van der Waals surface area contributed by atoms with Crippen molar-refractivity contribution < 1.29 is 31.5 Å². The van der Waals surface area contributed by atoms with Crippen molar-refractivity contribution in [3.63, 3.8) is 0 Å². The molecule has 2 aromatic carbocycles. The lowest BCUT2D eigenvalue weighted by Crippen LogP contribution is -2.14. The molecule has 0 bridgehead atoms. The van der Waals surface area contributed by atoms with Crippen LogP contribution < -0.4 is 10.1 Å². The minimum Gasteiger partial charge on any atom is -0.497 e. The summed E-state index contributed by atoms with van der Waals surface area (Å²) in [4.78, 5) is 11.6. The van der Waals surface area contributed by atoms with Crippen LogP contribution in [0.3, 0.4) is 0 Å². The predicted molar refractivity (Wildman–Crippen MR) is 76.9 cm³/mol. The molecule has 0 unspecified atom stereocenters. The molecule has 0 aromatic heterocycles. The molecule has 0 spiro atoms. The Kier molecular flexibility index (Phi) is 5.18. The summed E-state index contributed by atoms with van der Waals surface area (Å²) in [6.45, 7) is 0. The summed E-state index contributed by atoms with van der Waals surface area (Å²) in [5.74, 6) is -11.3. The fourth-order valence-electron chi connectivity index (χ4n) is 1.77.